The van der Waals surface area contributed by atoms with Gasteiger partial charge in [0, 0.05) is 67.9 Å². The van der Waals surface area contributed by atoms with Crippen LogP contribution in [0.5, 0.6) is 0 Å². The van der Waals surface area contributed by atoms with Gasteiger partial charge in [0.05, 0.1) is 16.3 Å². The third-order valence-corrected chi connectivity index (χ3v) is 7.28. The second-order valence-electron chi connectivity index (χ2n) is 7.67. The van der Waals surface area contributed by atoms with Crippen LogP contribution in [0.1, 0.15) is 44.7 Å². The summed E-state index contributed by atoms with van der Waals surface area (Å²) in [6.45, 7) is 3.75. The van der Waals surface area contributed by atoms with Gasteiger partial charge in [0.1, 0.15) is 0 Å². The van der Waals surface area contributed by atoms with Gasteiger partial charge < -0.3 is 9.80 Å². The van der Waals surface area contributed by atoms with Crippen LogP contribution in [0.15, 0.2) is 48.5 Å². The molecule has 5 rings (SSSR count). The van der Waals surface area contributed by atoms with E-state index in [0.29, 0.717) is 11.5 Å². The molecule has 4 heterocycles. The summed E-state index contributed by atoms with van der Waals surface area (Å²) >= 11 is 1.91. The maximum Gasteiger partial charge on any atom is 0.255 e. The molecule has 2 aromatic rings. The molecular formula is C22H24N4OS. The molecule has 0 bridgehead atoms. The predicted octanol–water partition coefficient (Wildman–Crippen LogP) is 3.41. The summed E-state index contributed by atoms with van der Waals surface area (Å²) in [7, 11) is 0. The number of allylic oxidation sites excluding steroid dienone is 3. The predicted molar refractivity (Wildman–Crippen MR) is 110 cm³/mol. The molecule has 3 aliphatic rings. The summed E-state index contributed by atoms with van der Waals surface area (Å²) in [6, 6.07) is 3.67. The van der Waals surface area contributed by atoms with Crippen molar-refractivity contribution >= 4 is 17.2 Å². The number of likely N-dealkylation sites (tertiary alicyclic amines) is 1. The van der Waals surface area contributed by atoms with E-state index in [-0.39, 0.29) is 5.91 Å². The Morgan fingerprint density at radius 2 is 1.96 bits per heavy atom. The Balaban J connectivity index is 1.20. The van der Waals surface area contributed by atoms with Gasteiger partial charge in [-0.25, -0.2) is 4.98 Å². The van der Waals surface area contributed by atoms with Gasteiger partial charge in [0.2, 0.25) is 0 Å². The molecule has 0 saturated carbocycles. The molecule has 5 nitrogen and oxygen atoms in total. The van der Waals surface area contributed by atoms with Crippen LogP contribution in [0, 0.1) is 0 Å². The fraction of sp³-hybridized carbons (Fsp3) is 0.409. The topological polar surface area (TPSA) is 49.3 Å². The Bertz CT molecular complexity index is 900. The molecule has 144 valence electrons. The number of hydrogen-bond donors (Lipinski definition) is 0. The lowest BCUT2D eigenvalue weighted by Gasteiger charge is -2.31. The highest BCUT2D eigenvalue weighted by Gasteiger charge is 2.28. The molecular weight excluding hydrogens is 368 g/mol. The van der Waals surface area contributed by atoms with Gasteiger partial charge in [0.25, 0.3) is 5.91 Å². The molecule has 1 saturated heterocycles. The van der Waals surface area contributed by atoms with E-state index >= 15 is 0 Å². The molecule has 0 radical (unpaired) electrons. The number of piperidine rings is 1. The highest BCUT2D eigenvalue weighted by molar-refractivity contribution is 7.11. The third-order valence-electron chi connectivity index (χ3n) is 5.96. The molecule has 0 atom stereocenters. The first-order valence-corrected chi connectivity index (χ1v) is 10.9. The minimum Gasteiger partial charge on any atom is -0.371 e. The molecule has 0 N–H and O–H groups in total. The van der Waals surface area contributed by atoms with Crippen molar-refractivity contribution in [3.05, 3.63) is 69.6 Å². The largest absolute Gasteiger partial charge is 0.371 e. The maximum absolute atomic E-state index is 12.6. The highest BCUT2D eigenvalue weighted by Crippen LogP contribution is 2.34. The van der Waals surface area contributed by atoms with E-state index in [1.54, 1.807) is 12.4 Å². The Hall–Kier alpha value is -2.47. The van der Waals surface area contributed by atoms with E-state index in [9.17, 15) is 4.79 Å². The normalized spacial score (nSPS) is 19.6. The molecule has 2 aromatic heterocycles. The lowest BCUT2D eigenvalue weighted by atomic mass is 9.97. The van der Waals surface area contributed by atoms with Crippen LogP contribution in [0.4, 0.5) is 0 Å². The summed E-state index contributed by atoms with van der Waals surface area (Å²) in [5.74, 6) is 0.587. The first-order chi connectivity index (χ1) is 13.8. The standard InChI is InChI=1S/C22H24N4OS/c27-22(17-3-2-10-23-15-17)26-11-6-16(7-12-26)21-24-19-8-13-25(18-4-1-5-18)14-9-20(19)28-21/h1-5,10,15-16H,6-9,11-14H2. The van der Waals surface area contributed by atoms with E-state index in [0.717, 1.165) is 51.9 Å². The molecule has 1 aliphatic carbocycles. The molecule has 0 unspecified atom stereocenters. The van der Waals surface area contributed by atoms with Crippen molar-refractivity contribution in [1.82, 2.24) is 19.8 Å². The smallest absolute Gasteiger partial charge is 0.255 e. The zero-order chi connectivity index (χ0) is 18.9. The fourth-order valence-corrected chi connectivity index (χ4v) is 5.48. The van der Waals surface area contributed by atoms with Crippen molar-refractivity contribution in [3.63, 3.8) is 0 Å². The van der Waals surface area contributed by atoms with Crippen molar-refractivity contribution < 1.29 is 4.79 Å². The van der Waals surface area contributed by atoms with Gasteiger partial charge in [-0.3, -0.25) is 9.78 Å². The second-order valence-corrected chi connectivity index (χ2v) is 8.78. The summed E-state index contributed by atoms with van der Waals surface area (Å²) in [5, 5.41) is 1.29. The zero-order valence-electron chi connectivity index (χ0n) is 15.9. The Labute approximate surface area is 169 Å². The van der Waals surface area contributed by atoms with E-state index in [1.165, 1.54) is 21.3 Å². The van der Waals surface area contributed by atoms with Crippen LogP contribution < -0.4 is 0 Å². The van der Waals surface area contributed by atoms with E-state index in [4.69, 9.17) is 4.98 Å². The highest BCUT2D eigenvalue weighted by atomic mass is 32.1. The van der Waals surface area contributed by atoms with Crippen LogP contribution in [-0.2, 0) is 12.8 Å². The summed E-state index contributed by atoms with van der Waals surface area (Å²) in [4.78, 5) is 27.6. The minimum atomic E-state index is 0.0981. The third kappa shape index (κ3) is 3.37. The number of fused-ring (bicyclic) bond motifs is 1. The van der Waals surface area contributed by atoms with E-state index < -0.39 is 0 Å². The number of hydrogen-bond acceptors (Lipinski definition) is 5. The first kappa shape index (κ1) is 17.6. The minimum absolute atomic E-state index is 0.0981. The Morgan fingerprint density at radius 3 is 2.68 bits per heavy atom. The summed E-state index contributed by atoms with van der Waals surface area (Å²) in [5.41, 5.74) is 3.35. The molecule has 28 heavy (non-hydrogen) atoms. The number of rotatable bonds is 3. The van der Waals surface area contributed by atoms with Gasteiger partial charge in [-0.05, 0) is 37.1 Å². The van der Waals surface area contributed by atoms with E-state index in [1.807, 2.05) is 28.4 Å². The summed E-state index contributed by atoms with van der Waals surface area (Å²) in [6.07, 6.45) is 14.0. The van der Waals surface area contributed by atoms with E-state index in [2.05, 4.69) is 28.1 Å². The summed E-state index contributed by atoms with van der Waals surface area (Å²) < 4.78 is 0. The van der Waals surface area contributed by atoms with Crippen molar-refractivity contribution in [2.75, 3.05) is 26.2 Å². The number of amides is 1. The molecule has 0 spiro atoms. The average Bonchev–Trinajstić information content (AvgIpc) is 3.02. The number of pyridine rings is 1. The monoisotopic (exact) mass is 392 g/mol. The van der Waals surface area contributed by atoms with Crippen molar-refractivity contribution in [2.24, 2.45) is 0 Å². The van der Waals surface area contributed by atoms with Crippen molar-refractivity contribution in [3.8, 4) is 0 Å². The lowest BCUT2D eigenvalue weighted by Crippen LogP contribution is -2.37. The number of nitrogens with zero attached hydrogens (tertiary/aromatic N) is 4. The van der Waals surface area contributed by atoms with Crippen LogP contribution in [-0.4, -0.2) is 51.9 Å². The lowest BCUT2D eigenvalue weighted by molar-refractivity contribution is 0.0712. The second kappa shape index (κ2) is 7.51. The van der Waals surface area contributed by atoms with Crippen molar-refractivity contribution in [2.45, 2.75) is 31.6 Å². The molecule has 6 heteroatoms. The number of aromatic nitrogens is 2. The number of carbonyl (C=O) groups is 1. The Kier molecular flexibility index (Phi) is 4.72. The molecule has 1 fully saturated rings. The van der Waals surface area contributed by atoms with Gasteiger partial charge >= 0.3 is 0 Å². The SMILES string of the molecule is O=C(c1cccnc1)N1CCC(c2nc3c(s2)CCN(C2=CC=C2)CC3)CC1. The van der Waals surface area contributed by atoms with Crippen LogP contribution >= 0.6 is 11.3 Å². The molecule has 2 aliphatic heterocycles. The fourth-order valence-electron chi connectivity index (χ4n) is 4.21. The zero-order valence-corrected chi connectivity index (χ0v) is 16.7. The number of thiazole rings is 1. The Morgan fingerprint density at radius 1 is 1.14 bits per heavy atom. The first-order valence-electron chi connectivity index (χ1n) is 10.1. The van der Waals surface area contributed by atoms with Gasteiger partial charge in [0.15, 0.2) is 0 Å². The van der Waals surface area contributed by atoms with Crippen LogP contribution in [0.2, 0.25) is 0 Å². The van der Waals surface area contributed by atoms with Gasteiger partial charge in [-0.2, -0.15) is 0 Å². The van der Waals surface area contributed by atoms with Crippen LogP contribution in [0.3, 0.4) is 0 Å². The molecule has 1 amide bonds. The number of carbonyl (C=O) groups excluding carboxylic acids is 1. The average molecular weight is 393 g/mol. The van der Waals surface area contributed by atoms with Crippen molar-refractivity contribution in [1.29, 1.82) is 0 Å². The van der Waals surface area contributed by atoms with Gasteiger partial charge in [-0.1, -0.05) is 6.08 Å². The van der Waals surface area contributed by atoms with Crippen LogP contribution in [0.25, 0.3) is 0 Å². The maximum atomic E-state index is 12.6. The quantitative estimate of drug-likeness (QED) is 0.803. The van der Waals surface area contributed by atoms with Gasteiger partial charge in [-0.15, -0.1) is 11.3 Å². The molecule has 0 aromatic carbocycles.